The van der Waals surface area contributed by atoms with Crippen LogP contribution in [0.5, 0.6) is 11.5 Å². The van der Waals surface area contributed by atoms with Crippen LogP contribution >= 0.6 is 11.3 Å². The Hall–Kier alpha value is -8.06. The summed E-state index contributed by atoms with van der Waals surface area (Å²) < 4.78 is 13.7. The van der Waals surface area contributed by atoms with Crippen molar-refractivity contribution in [1.29, 1.82) is 0 Å². The fourth-order valence-corrected chi connectivity index (χ4v) is 11.2. The number of para-hydroxylation sites is 3. The Bertz CT molecular complexity index is 4010. The van der Waals surface area contributed by atoms with E-state index < -0.39 is 0 Å². The largest absolute Gasteiger partial charge is 0.456 e. The molecule has 0 atom stereocenters. The summed E-state index contributed by atoms with van der Waals surface area (Å²) in [5, 5.41) is 8.12. The van der Waals surface area contributed by atoms with Gasteiger partial charge in [0.05, 0.1) is 38.0 Å². The van der Waals surface area contributed by atoms with E-state index >= 15 is 0 Å². The van der Waals surface area contributed by atoms with Gasteiger partial charge in [-0.2, -0.15) is 0 Å². The number of rotatable bonds is 4. The van der Waals surface area contributed by atoms with E-state index in [0.717, 1.165) is 93.3 Å². The lowest BCUT2D eigenvalue weighted by atomic mass is 9.92. The maximum absolute atomic E-state index is 6.80. The van der Waals surface area contributed by atoms with Gasteiger partial charge in [-0.25, -0.2) is 9.97 Å². The second kappa shape index (κ2) is 12.7. The maximum atomic E-state index is 6.80. The van der Waals surface area contributed by atoms with Gasteiger partial charge in [0.15, 0.2) is 0 Å². The Balaban J connectivity index is 1.09. The minimum Gasteiger partial charge on any atom is -0.456 e. The maximum Gasteiger partial charge on any atom is 0.235 e. The second-order valence-corrected chi connectivity index (χ2v) is 17.1. The van der Waals surface area contributed by atoms with Gasteiger partial charge >= 0.3 is 0 Å². The second-order valence-electron chi connectivity index (χ2n) is 16.1. The van der Waals surface area contributed by atoms with Crippen molar-refractivity contribution in [3.63, 3.8) is 0 Å². The monoisotopic (exact) mass is 808 g/mol. The lowest BCUT2D eigenvalue weighted by Crippen LogP contribution is -2.03. The summed E-state index contributed by atoms with van der Waals surface area (Å²) in [7, 11) is 0. The van der Waals surface area contributed by atoms with Crippen LogP contribution in [0.4, 0.5) is 0 Å². The first-order valence-electron chi connectivity index (χ1n) is 20.9. The van der Waals surface area contributed by atoms with Crippen LogP contribution in [0.15, 0.2) is 194 Å². The Morgan fingerprint density at radius 1 is 0.403 bits per heavy atom. The summed E-state index contributed by atoms with van der Waals surface area (Å²) in [5.74, 6) is 2.31. The third kappa shape index (κ3) is 4.72. The van der Waals surface area contributed by atoms with Crippen molar-refractivity contribution in [2.45, 2.75) is 0 Å². The summed E-state index contributed by atoms with van der Waals surface area (Å²) in [6.07, 6.45) is 0. The number of benzene rings is 9. The minimum atomic E-state index is 0.621. The molecule has 0 amide bonds. The molecule has 62 heavy (non-hydrogen) atoms. The van der Waals surface area contributed by atoms with Gasteiger partial charge in [0.25, 0.3) is 0 Å². The molecule has 9 aromatic carbocycles. The molecule has 6 heteroatoms. The summed E-state index contributed by atoms with van der Waals surface area (Å²) in [6, 6.07) is 69.4. The lowest BCUT2D eigenvalue weighted by Gasteiger charge is -2.22. The van der Waals surface area contributed by atoms with Gasteiger partial charge in [0.1, 0.15) is 11.5 Å². The molecule has 5 nitrogen and oxygen atoms in total. The molecule has 4 aromatic heterocycles. The summed E-state index contributed by atoms with van der Waals surface area (Å²) in [6.45, 7) is 0. The van der Waals surface area contributed by atoms with Crippen LogP contribution in [0.2, 0.25) is 0 Å². The first kappa shape index (κ1) is 33.7. The van der Waals surface area contributed by atoms with Gasteiger partial charge < -0.3 is 9.30 Å². The summed E-state index contributed by atoms with van der Waals surface area (Å²) >= 11 is 1.75. The Kier molecular flexibility index (Phi) is 6.92. The van der Waals surface area contributed by atoms with Crippen molar-refractivity contribution in [3.8, 4) is 56.6 Å². The molecule has 14 rings (SSSR count). The molecule has 288 valence electrons. The molecule has 0 spiro atoms. The van der Waals surface area contributed by atoms with Crippen molar-refractivity contribution in [2.24, 2.45) is 0 Å². The molecular formula is C56H32N4OS. The highest BCUT2D eigenvalue weighted by Gasteiger charge is 2.27. The van der Waals surface area contributed by atoms with Crippen LogP contribution in [0.3, 0.4) is 0 Å². The smallest absolute Gasteiger partial charge is 0.235 e. The molecule has 5 heterocycles. The molecule has 0 bridgehead atoms. The molecule has 1 aliphatic heterocycles. The van der Waals surface area contributed by atoms with Crippen LogP contribution < -0.4 is 4.74 Å². The zero-order valence-electron chi connectivity index (χ0n) is 33.1. The van der Waals surface area contributed by atoms with E-state index in [0.29, 0.717) is 5.95 Å². The quantitative estimate of drug-likeness (QED) is 0.178. The predicted octanol–water partition coefficient (Wildman–Crippen LogP) is 15.3. The highest BCUT2D eigenvalue weighted by Crippen LogP contribution is 2.51. The van der Waals surface area contributed by atoms with E-state index in [-0.39, 0.29) is 0 Å². The van der Waals surface area contributed by atoms with Crippen molar-refractivity contribution >= 4 is 86.0 Å². The molecule has 0 radical (unpaired) electrons. The number of fused-ring (bicyclic) bond motifs is 12. The summed E-state index contributed by atoms with van der Waals surface area (Å²) in [4.78, 5) is 11.1. The number of nitrogens with zero attached hydrogens (tertiary/aromatic N) is 4. The average molecular weight is 809 g/mol. The standard InChI is InChI=1S/C56H32N4OS/c1-3-14-33(15-4-1)53-55-54(42-20-9-12-25-50(42)62-55)58-56(57-53)60-46-31-35(34-26-28-38-37-18-7-10-23-44(37)59(45(38)30-34)36-16-5-2-6-17-36)27-29-41(46)51-43-22-13-21-40-39-19-8-11-24-48(39)61-49(52(40)43)32-47(51)60/h1-32H. The van der Waals surface area contributed by atoms with E-state index in [2.05, 4.69) is 197 Å². The third-order valence-corrected chi connectivity index (χ3v) is 13.9. The van der Waals surface area contributed by atoms with Crippen molar-refractivity contribution in [2.75, 3.05) is 0 Å². The van der Waals surface area contributed by atoms with Crippen LogP contribution in [-0.4, -0.2) is 19.1 Å². The number of hydrogen-bond acceptors (Lipinski definition) is 4. The molecule has 0 N–H and O–H groups in total. The topological polar surface area (TPSA) is 44.9 Å². The zero-order valence-corrected chi connectivity index (χ0v) is 33.9. The molecule has 0 saturated carbocycles. The van der Waals surface area contributed by atoms with E-state index in [1.165, 1.54) is 32.1 Å². The van der Waals surface area contributed by atoms with E-state index in [9.17, 15) is 0 Å². The van der Waals surface area contributed by atoms with Crippen molar-refractivity contribution in [1.82, 2.24) is 19.1 Å². The van der Waals surface area contributed by atoms with Gasteiger partial charge in [-0.05, 0) is 64.5 Å². The first-order chi connectivity index (χ1) is 30.7. The first-order valence-corrected chi connectivity index (χ1v) is 21.7. The summed E-state index contributed by atoms with van der Waals surface area (Å²) in [5.41, 5.74) is 13.0. The highest BCUT2D eigenvalue weighted by molar-refractivity contribution is 7.26. The van der Waals surface area contributed by atoms with Crippen LogP contribution in [-0.2, 0) is 0 Å². The molecule has 0 aliphatic carbocycles. The van der Waals surface area contributed by atoms with Gasteiger partial charge in [-0.1, -0.05) is 146 Å². The Morgan fingerprint density at radius 2 is 1.06 bits per heavy atom. The van der Waals surface area contributed by atoms with Crippen molar-refractivity contribution in [3.05, 3.63) is 194 Å². The van der Waals surface area contributed by atoms with E-state index in [1.54, 1.807) is 11.3 Å². The Morgan fingerprint density at radius 3 is 1.92 bits per heavy atom. The van der Waals surface area contributed by atoms with Crippen molar-refractivity contribution < 1.29 is 4.74 Å². The van der Waals surface area contributed by atoms with Gasteiger partial charge in [-0.15, -0.1) is 11.3 Å². The predicted molar refractivity (Wildman–Crippen MR) is 257 cm³/mol. The van der Waals surface area contributed by atoms with Crippen LogP contribution in [0, 0.1) is 0 Å². The molecule has 13 aromatic rings. The molecule has 0 saturated heterocycles. The lowest BCUT2D eigenvalue weighted by molar-refractivity contribution is 0.487. The SMILES string of the molecule is c1ccc(-c2nc(-n3c4cc(-c5ccc6c7ccccc7n(-c7ccccc7)c6c5)ccc4c4c5cccc6c5c(cc43)Oc3ccccc3-6)nc3c2sc2ccccc23)cc1. The zero-order chi connectivity index (χ0) is 40.5. The number of ether oxygens (including phenoxy) is 1. The van der Waals surface area contributed by atoms with E-state index in [4.69, 9.17) is 14.7 Å². The Labute approximate surface area is 359 Å². The molecule has 0 unspecified atom stereocenters. The highest BCUT2D eigenvalue weighted by atomic mass is 32.1. The number of thiophene rings is 1. The van der Waals surface area contributed by atoms with Gasteiger partial charge in [-0.3, -0.25) is 4.57 Å². The molecular weight excluding hydrogens is 777 g/mol. The average Bonchev–Trinajstić information content (AvgIpc) is 3.99. The normalized spacial score (nSPS) is 12.3. The number of aromatic nitrogens is 4. The van der Waals surface area contributed by atoms with Gasteiger partial charge in [0, 0.05) is 59.9 Å². The molecule has 0 fully saturated rings. The fourth-order valence-electron chi connectivity index (χ4n) is 10.0. The minimum absolute atomic E-state index is 0.621. The van der Waals surface area contributed by atoms with Gasteiger partial charge in [0.2, 0.25) is 5.95 Å². The third-order valence-electron chi connectivity index (χ3n) is 12.7. The van der Waals surface area contributed by atoms with Crippen LogP contribution in [0.1, 0.15) is 0 Å². The van der Waals surface area contributed by atoms with Crippen LogP contribution in [0.25, 0.3) is 120 Å². The molecule has 1 aliphatic rings. The fraction of sp³-hybridized carbons (Fsp3) is 0. The van der Waals surface area contributed by atoms with E-state index in [1.807, 2.05) is 6.07 Å². The number of hydrogen-bond donors (Lipinski definition) is 0.